The lowest BCUT2D eigenvalue weighted by molar-refractivity contribution is 0.266. The highest BCUT2D eigenvalue weighted by Gasteiger charge is 2.10. The van der Waals surface area contributed by atoms with Crippen molar-refractivity contribution in [3.05, 3.63) is 28.9 Å². The molecule has 1 unspecified atom stereocenters. The zero-order valence-electron chi connectivity index (χ0n) is 7.26. The topological polar surface area (TPSA) is 76.4 Å². The predicted molar refractivity (Wildman–Crippen MR) is 54.7 cm³/mol. The van der Waals surface area contributed by atoms with Gasteiger partial charge in [-0.25, -0.2) is 9.97 Å². The molecule has 0 aliphatic carbocycles. The summed E-state index contributed by atoms with van der Waals surface area (Å²) in [7, 11) is 0. The molecule has 6 heteroatoms. The van der Waals surface area contributed by atoms with Gasteiger partial charge in [-0.3, -0.25) is 0 Å². The third-order valence-electron chi connectivity index (χ3n) is 1.93. The summed E-state index contributed by atoms with van der Waals surface area (Å²) in [5.41, 5.74) is 7.00. The van der Waals surface area contributed by atoms with Gasteiger partial charge in [-0.05, 0) is 15.9 Å². The molecule has 0 saturated carbocycles. The molecule has 74 valence electrons. The van der Waals surface area contributed by atoms with Gasteiger partial charge >= 0.3 is 0 Å². The van der Waals surface area contributed by atoms with Gasteiger partial charge in [0.1, 0.15) is 4.60 Å². The maximum absolute atomic E-state index is 8.88. The Hall–Kier alpha value is -0.980. The van der Waals surface area contributed by atoms with E-state index < -0.39 is 6.04 Å². The Labute approximate surface area is 88.7 Å². The molecule has 0 saturated heterocycles. The lowest BCUT2D eigenvalue weighted by atomic mass is 10.2. The van der Waals surface area contributed by atoms with Gasteiger partial charge in [0.05, 0.1) is 18.3 Å². The number of hydrogen-bond donors (Lipinski definition) is 2. The Morgan fingerprint density at radius 2 is 2.43 bits per heavy atom. The zero-order chi connectivity index (χ0) is 10.1. The molecule has 5 nitrogen and oxygen atoms in total. The standard InChI is InChI=1S/C8H9BrN4O/c9-7-8-12-6(5(10)4-14)3-13(8)2-1-11-7/h1-3,5,14H,4,10H2. The van der Waals surface area contributed by atoms with Crippen molar-refractivity contribution in [2.75, 3.05) is 6.61 Å². The fraction of sp³-hybridized carbons (Fsp3) is 0.250. The maximum atomic E-state index is 8.88. The minimum absolute atomic E-state index is 0.116. The van der Waals surface area contributed by atoms with E-state index in [0.717, 1.165) is 0 Å². The highest BCUT2D eigenvalue weighted by Crippen LogP contribution is 2.16. The molecule has 0 bridgehead atoms. The summed E-state index contributed by atoms with van der Waals surface area (Å²) in [5.74, 6) is 0. The number of hydrogen-bond acceptors (Lipinski definition) is 4. The van der Waals surface area contributed by atoms with Gasteiger partial charge in [0.15, 0.2) is 5.65 Å². The van der Waals surface area contributed by atoms with Crippen molar-refractivity contribution < 1.29 is 5.11 Å². The van der Waals surface area contributed by atoms with Crippen molar-refractivity contribution in [1.82, 2.24) is 14.4 Å². The number of aliphatic hydroxyl groups excluding tert-OH is 1. The van der Waals surface area contributed by atoms with Crippen LogP contribution in [0.1, 0.15) is 11.7 Å². The third-order valence-corrected chi connectivity index (χ3v) is 2.49. The Morgan fingerprint density at radius 3 is 3.07 bits per heavy atom. The second kappa shape index (κ2) is 3.64. The summed E-state index contributed by atoms with van der Waals surface area (Å²) in [6, 6.07) is -0.443. The Morgan fingerprint density at radius 1 is 1.64 bits per heavy atom. The summed E-state index contributed by atoms with van der Waals surface area (Å²) in [6.45, 7) is -0.116. The first-order valence-corrected chi connectivity index (χ1v) is 4.87. The number of halogens is 1. The summed E-state index contributed by atoms with van der Waals surface area (Å²) >= 11 is 3.28. The predicted octanol–water partition coefficient (Wildman–Crippen LogP) is 0.484. The van der Waals surface area contributed by atoms with E-state index in [-0.39, 0.29) is 6.61 Å². The number of aliphatic hydroxyl groups is 1. The lowest BCUT2D eigenvalue weighted by Gasteiger charge is -2.00. The molecule has 0 spiro atoms. The second-order valence-corrected chi connectivity index (χ2v) is 3.65. The van der Waals surface area contributed by atoms with Gasteiger partial charge in [0, 0.05) is 18.6 Å². The minimum Gasteiger partial charge on any atom is -0.394 e. The number of aromatic nitrogens is 3. The highest BCUT2D eigenvalue weighted by atomic mass is 79.9. The highest BCUT2D eigenvalue weighted by molar-refractivity contribution is 9.10. The SMILES string of the molecule is NC(CO)c1cn2ccnc(Br)c2n1. The molecular weight excluding hydrogens is 248 g/mol. The Kier molecular flexibility index (Phi) is 2.49. The van der Waals surface area contributed by atoms with E-state index >= 15 is 0 Å². The Balaban J connectivity index is 2.56. The second-order valence-electron chi connectivity index (χ2n) is 2.90. The van der Waals surface area contributed by atoms with Crippen LogP contribution in [-0.4, -0.2) is 26.1 Å². The van der Waals surface area contributed by atoms with Crippen molar-refractivity contribution in [2.45, 2.75) is 6.04 Å². The van der Waals surface area contributed by atoms with Crippen molar-refractivity contribution >= 4 is 21.6 Å². The van der Waals surface area contributed by atoms with Gasteiger partial charge in [0.2, 0.25) is 0 Å². The maximum Gasteiger partial charge on any atom is 0.170 e. The third kappa shape index (κ3) is 1.52. The molecule has 2 aromatic heterocycles. The molecule has 3 N–H and O–H groups in total. The lowest BCUT2D eigenvalue weighted by Crippen LogP contribution is -2.14. The van der Waals surface area contributed by atoms with Crippen LogP contribution in [0.3, 0.4) is 0 Å². The van der Waals surface area contributed by atoms with Gasteiger partial charge in [-0.2, -0.15) is 0 Å². The first kappa shape index (κ1) is 9.57. The molecular formula is C8H9BrN4O. The average molecular weight is 257 g/mol. The smallest absolute Gasteiger partial charge is 0.170 e. The van der Waals surface area contributed by atoms with Crippen LogP contribution in [0.5, 0.6) is 0 Å². The molecule has 2 aromatic rings. The zero-order valence-corrected chi connectivity index (χ0v) is 8.85. The number of fused-ring (bicyclic) bond motifs is 1. The van der Waals surface area contributed by atoms with E-state index in [1.165, 1.54) is 0 Å². The molecule has 2 rings (SSSR count). The van der Waals surface area contributed by atoms with Crippen molar-refractivity contribution in [2.24, 2.45) is 5.73 Å². The first-order chi connectivity index (χ1) is 6.72. The fourth-order valence-electron chi connectivity index (χ4n) is 1.18. The van der Waals surface area contributed by atoms with Crippen LogP contribution in [0.25, 0.3) is 5.65 Å². The molecule has 0 fully saturated rings. The largest absolute Gasteiger partial charge is 0.394 e. The monoisotopic (exact) mass is 256 g/mol. The van der Waals surface area contributed by atoms with E-state index in [0.29, 0.717) is 15.9 Å². The summed E-state index contributed by atoms with van der Waals surface area (Å²) in [5, 5.41) is 8.88. The van der Waals surface area contributed by atoms with Crippen LogP contribution in [0, 0.1) is 0 Å². The fourth-order valence-corrected chi connectivity index (χ4v) is 1.59. The van der Waals surface area contributed by atoms with Gasteiger partial charge < -0.3 is 15.2 Å². The van der Waals surface area contributed by atoms with Crippen LogP contribution < -0.4 is 5.73 Å². The van der Waals surface area contributed by atoms with Crippen LogP contribution >= 0.6 is 15.9 Å². The molecule has 1 atom stereocenters. The van der Waals surface area contributed by atoms with Crippen LogP contribution in [0.4, 0.5) is 0 Å². The van der Waals surface area contributed by atoms with E-state index in [9.17, 15) is 0 Å². The quantitative estimate of drug-likeness (QED) is 0.820. The first-order valence-electron chi connectivity index (χ1n) is 4.08. The van der Waals surface area contributed by atoms with E-state index in [1.54, 1.807) is 18.6 Å². The molecule has 0 amide bonds. The van der Waals surface area contributed by atoms with Gasteiger partial charge in [-0.15, -0.1) is 0 Å². The van der Waals surface area contributed by atoms with Crippen LogP contribution in [0.15, 0.2) is 23.2 Å². The van der Waals surface area contributed by atoms with Gasteiger partial charge in [-0.1, -0.05) is 0 Å². The molecule has 0 aliphatic heterocycles. The van der Waals surface area contributed by atoms with E-state index in [1.807, 2.05) is 4.40 Å². The van der Waals surface area contributed by atoms with Crippen molar-refractivity contribution in [3.8, 4) is 0 Å². The van der Waals surface area contributed by atoms with Crippen LogP contribution in [-0.2, 0) is 0 Å². The van der Waals surface area contributed by atoms with Crippen molar-refractivity contribution in [3.63, 3.8) is 0 Å². The molecule has 14 heavy (non-hydrogen) atoms. The normalized spacial score (nSPS) is 13.4. The number of rotatable bonds is 2. The number of nitrogens with zero attached hydrogens (tertiary/aromatic N) is 3. The summed E-state index contributed by atoms with van der Waals surface area (Å²) < 4.78 is 2.47. The van der Waals surface area contributed by atoms with Gasteiger partial charge in [0.25, 0.3) is 0 Å². The molecule has 0 aliphatic rings. The molecule has 0 aromatic carbocycles. The minimum atomic E-state index is -0.443. The Bertz CT molecular complexity index is 456. The summed E-state index contributed by atoms with van der Waals surface area (Å²) in [4.78, 5) is 8.29. The van der Waals surface area contributed by atoms with Crippen LogP contribution in [0.2, 0.25) is 0 Å². The van der Waals surface area contributed by atoms with E-state index in [4.69, 9.17) is 10.8 Å². The van der Waals surface area contributed by atoms with Crippen molar-refractivity contribution in [1.29, 1.82) is 0 Å². The number of imidazole rings is 1. The van der Waals surface area contributed by atoms with E-state index in [2.05, 4.69) is 25.9 Å². The molecule has 0 radical (unpaired) electrons. The number of nitrogens with two attached hydrogens (primary N) is 1. The summed E-state index contributed by atoms with van der Waals surface area (Å²) in [6.07, 6.45) is 5.22. The average Bonchev–Trinajstić information content (AvgIpc) is 2.62. The molecule has 2 heterocycles.